The van der Waals surface area contributed by atoms with Gasteiger partial charge in [0, 0.05) is 19.6 Å². The quantitative estimate of drug-likeness (QED) is 0.703. The summed E-state index contributed by atoms with van der Waals surface area (Å²) >= 11 is 0. The first-order valence-corrected chi connectivity index (χ1v) is 6.16. The standard InChI is InChI=1S/C12H22N2O/c1-9-5-10(2)8-14(7-9)12(15)11-3-4-13-6-11/h9-11,13H,3-8H2,1-2H3/t9?,10?,11-/m0/s1. The fourth-order valence-electron chi connectivity index (χ4n) is 2.97. The van der Waals surface area contributed by atoms with Crippen LogP contribution in [-0.2, 0) is 4.79 Å². The Balaban J connectivity index is 1.93. The van der Waals surface area contributed by atoms with Crippen molar-refractivity contribution in [3.8, 4) is 0 Å². The third-order valence-corrected chi connectivity index (χ3v) is 3.59. The minimum atomic E-state index is 0.252. The SMILES string of the molecule is CC1CC(C)CN(C(=O)[C@H]2CCNC2)C1. The van der Waals surface area contributed by atoms with E-state index in [1.807, 2.05) is 0 Å². The predicted octanol–water partition coefficient (Wildman–Crippen LogP) is 1.10. The van der Waals surface area contributed by atoms with E-state index in [-0.39, 0.29) is 5.92 Å². The van der Waals surface area contributed by atoms with Gasteiger partial charge in [-0.1, -0.05) is 13.8 Å². The number of hydrogen-bond donors (Lipinski definition) is 1. The summed E-state index contributed by atoms with van der Waals surface area (Å²) < 4.78 is 0. The van der Waals surface area contributed by atoms with Crippen molar-refractivity contribution in [1.82, 2.24) is 10.2 Å². The molecular weight excluding hydrogens is 188 g/mol. The van der Waals surface area contributed by atoms with E-state index in [0.29, 0.717) is 17.7 Å². The highest BCUT2D eigenvalue weighted by atomic mass is 16.2. The monoisotopic (exact) mass is 210 g/mol. The molecule has 2 rings (SSSR count). The van der Waals surface area contributed by atoms with Gasteiger partial charge in [0.2, 0.25) is 5.91 Å². The Labute approximate surface area is 92.2 Å². The maximum Gasteiger partial charge on any atom is 0.227 e. The lowest BCUT2D eigenvalue weighted by Gasteiger charge is -2.36. The van der Waals surface area contributed by atoms with E-state index in [4.69, 9.17) is 0 Å². The van der Waals surface area contributed by atoms with Crippen molar-refractivity contribution < 1.29 is 4.79 Å². The van der Waals surface area contributed by atoms with Gasteiger partial charge in [-0.15, -0.1) is 0 Å². The summed E-state index contributed by atoms with van der Waals surface area (Å²) in [5, 5.41) is 3.27. The Morgan fingerprint density at radius 1 is 1.27 bits per heavy atom. The molecule has 0 radical (unpaired) electrons. The maximum absolute atomic E-state index is 12.2. The van der Waals surface area contributed by atoms with Gasteiger partial charge in [0.05, 0.1) is 5.92 Å². The van der Waals surface area contributed by atoms with Crippen LogP contribution < -0.4 is 5.32 Å². The molecule has 0 aromatic heterocycles. The molecule has 0 bridgehead atoms. The van der Waals surface area contributed by atoms with Crippen molar-refractivity contribution in [1.29, 1.82) is 0 Å². The third-order valence-electron chi connectivity index (χ3n) is 3.59. The number of likely N-dealkylation sites (tertiary alicyclic amines) is 1. The van der Waals surface area contributed by atoms with Crippen LogP contribution in [-0.4, -0.2) is 37.0 Å². The number of hydrogen-bond acceptors (Lipinski definition) is 2. The Bertz CT molecular complexity index is 226. The molecular formula is C12H22N2O. The molecule has 0 aliphatic carbocycles. The van der Waals surface area contributed by atoms with Crippen LogP contribution in [0.3, 0.4) is 0 Å². The summed E-state index contributed by atoms with van der Waals surface area (Å²) in [6.07, 6.45) is 2.30. The topological polar surface area (TPSA) is 32.3 Å². The average Bonchev–Trinajstić information content (AvgIpc) is 2.67. The van der Waals surface area contributed by atoms with E-state index in [0.717, 1.165) is 32.6 Å². The number of nitrogens with one attached hydrogen (secondary N) is 1. The summed E-state index contributed by atoms with van der Waals surface area (Å²) in [5.41, 5.74) is 0. The van der Waals surface area contributed by atoms with Crippen molar-refractivity contribution in [2.75, 3.05) is 26.2 Å². The van der Waals surface area contributed by atoms with Gasteiger partial charge in [-0.05, 0) is 31.2 Å². The second-order valence-corrected chi connectivity index (χ2v) is 5.38. The van der Waals surface area contributed by atoms with Gasteiger partial charge < -0.3 is 10.2 Å². The average molecular weight is 210 g/mol. The molecule has 3 nitrogen and oxygen atoms in total. The second kappa shape index (κ2) is 4.52. The molecule has 3 atom stereocenters. The van der Waals surface area contributed by atoms with Crippen LogP contribution in [0.2, 0.25) is 0 Å². The fourth-order valence-corrected chi connectivity index (χ4v) is 2.97. The molecule has 0 saturated carbocycles. The molecule has 0 aromatic carbocycles. The number of nitrogens with zero attached hydrogens (tertiary/aromatic N) is 1. The van der Waals surface area contributed by atoms with Crippen molar-refractivity contribution in [2.45, 2.75) is 26.7 Å². The van der Waals surface area contributed by atoms with Crippen LogP contribution in [0.25, 0.3) is 0 Å². The van der Waals surface area contributed by atoms with E-state index < -0.39 is 0 Å². The molecule has 2 fully saturated rings. The number of carbonyl (C=O) groups is 1. The second-order valence-electron chi connectivity index (χ2n) is 5.38. The Morgan fingerprint density at radius 3 is 2.47 bits per heavy atom. The lowest BCUT2D eigenvalue weighted by molar-refractivity contribution is -0.137. The number of rotatable bonds is 1. The lowest BCUT2D eigenvalue weighted by Crippen LogP contribution is -2.45. The molecule has 0 aromatic rings. The highest BCUT2D eigenvalue weighted by molar-refractivity contribution is 5.79. The largest absolute Gasteiger partial charge is 0.342 e. The van der Waals surface area contributed by atoms with Crippen molar-refractivity contribution in [3.63, 3.8) is 0 Å². The predicted molar refractivity (Wildman–Crippen MR) is 60.5 cm³/mol. The minimum absolute atomic E-state index is 0.252. The van der Waals surface area contributed by atoms with E-state index in [2.05, 4.69) is 24.1 Å². The van der Waals surface area contributed by atoms with Crippen LogP contribution >= 0.6 is 0 Å². The Kier molecular flexibility index (Phi) is 3.29. The molecule has 1 N–H and O–H groups in total. The molecule has 2 aliphatic rings. The molecule has 0 spiro atoms. The summed E-state index contributed by atoms with van der Waals surface area (Å²) in [5.74, 6) is 1.99. The molecule has 1 amide bonds. The van der Waals surface area contributed by atoms with Crippen LogP contribution in [0.5, 0.6) is 0 Å². The third kappa shape index (κ3) is 2.51. The summed E-state index contributed by atoms with van der Waals surface area (Å²) in [6, 6.07) is 0. The highest BCUT2D eigenvalue weighted by Gasteiger charge is 2.31. The van der Waals surface area contributed by atoms with Crippen molar-refractivity contribution >= 4 is 5.91 Å². The van der Waals surface area contributed by atoms with Gasteiger partial charge in [-0.2, -0.15) is 0 Å². The van der Waals surface area contributed by atoms with E-state index >= 15 is 0 Å². The van der Waals surface area contributed by atoms with Crippen molar-refractivity contribution in [2.24, 2.45) is 17.8 Å². The zero-order chi connectivity index (χ0) is 10.8. The van der Waals surface area contributed by atoms with Gasteiger partial charge in [0.25, 0.3) is 0 Å². The van der Waals surface area contributed by atoms with Gasteiger partial charge in [0.1, 0.15) is 0 Å². The molecule has 15 heavy (non-hydrogen) atoms. The van der Waals surface area contributed by atoms with Crippen LogP contribution in [0.4, 0.5) is 0 Å². The van der Waals surface area contributed by atoms with Crippen LogP contribution in [0, 0.1) is 17.8 Å². The first-order valence-electron chi connectivity index (χ1n) is 6.16. The molecule has 3 heteroatoms. The van der Waals surface area contributed by atoms with Gasteiger partial charge in [-0.3, -0.25) is 4.79 Å². The van der Waals surface area contributed by atoms with Gasteiger partial charge >= 0.3 is 0 Å². The summed E-state index contributed by atoms with van der Waals surface area (Å²) in [6.45, 7) is 8.35. The van der Waals surface area contributed by atoms with E-state index in [1.165, 1.54) is 6.42 Å². The number of carbonyl (C=O) groups excluding carboxylic acids is 1. The smallest absolute Gasteiger partial charge is 0.227 e. The van der Waals surface area contributed by atoms with Crippen LogP contribution in [0.15, 0.2) is 0 Å². The normalized spacial score (nSPS) is 36.9. The molecule has 2 aliphatic heterocycles. The highest BCUT2D eigenvalue weighted by Crippen LogP contribution is 2.23. The first-order chi connectivity index (χ1) is 7.16. The molecule has 2 saturated heterocycles. The summed E-state index contributed by atoms with van der Waals surface area (Å²) in [4.78, 5) is 14.3. The van der Waals surface area contributed by atoms with Crippen LogP contribution in [0.1, 0.15) is 26.7 Å². The zero-order valence-corrected chi connectivity index (χ0v) is 9.83. The number of piperidine rings is 1. The van der Waals surface area contributed by atoms with Crippen molar-refractivity contribution in [3.05, 3.63) is 0 Å². The molecule has 2 unspecified atom stereocenters. The maximum atomic E-state index is 12.2. The minimum Gasteiger partial charge on any atom is -0.342 e. The fraction of sp³-hybridized carbons (Fsp3) is 0.917. The zero-order valence-electron chi connectivity index (χ0n) is 9.83. The lowest BCUT2D eigenvalue weighted by atomic mass is 9.91. The Morgan fingerprint density at radius 2 is 1.93 bits per heavy atom. The summed E-state index contributed by atoms with van der Waals surface area (Å²) in [7, 11) is 0. The molecule has 86 valence electrons. The first kappa shape index (κ1) is 10.9. The Hall–Kier alpha value is -0.570. The van der Waals surface area contributed by atoms with E-state index in [9.17, 15) is 4.79 Å². The van der Waals surface area contributed by atoms with Gasteiger partial charge in [0.15, 0.2) is 0 Å². The number of amides is 1. The van der Waals surface area contributed by atoms with Gasteiger partial charge in [-0.25, -0.2) is 0 Å². The van der Waals surface area contributed by atoms with E-state index in [1.54, 1.807) is 0 Å². The molecule has 2 heterocycles.